The fourth-order valence-corrected chi connectivity index (χ4v) is 4.65. The first-order valence-corrected chi connectivity index (χ1v) is 12.8. The van der Waals surface area contributed by atoms with E-state index in [1.165, 1.54) is 42.0 Å². The summed E-state index contributed by atoms with van der Waals surface area (Å²) in [6.45, 7) is 7.29. The topological polar surface area (TPSA) is 76.5 Å². The lowest BCUT2D eigenvalue weighted by Crippen LogP contribution is -2.37. The van der Waals surface area contributed by atoms with Crippen LogP contribution in [0.3, 0.4) is 0 Å². The van der Waals surface area contributed by atoms with Crippen molar-refractivity contribution in [2.75, 3.05) is 26.2 Å². The molecule has 1 amide bonds. The zero-order valence-electron chi connectivity index (χ0n) is 21.1. The lowest BCUT2D eigenvalue weighted by molar-refractivity contribution is -0.122. The van der Waals surface area contributed by atoms with Crippen molar-refractivity contribution in [1.29, 1.82) is 0 Å². The summed E-state index contributed by atoms with van der Waals surface area (Å²) in [6.07, 6.45) is 4.73. The van der Waals surface area contributed by atoms with Crippen molar-refractivity contribution in [3.8, 4) is 17.1 Å². The van der Waals surface area contributed by atoms with Crippen molar-refractivity contribution < 1.29 is 13.9 Å². The van der Waals surface area contributed by atoms with Crippen LogP contribution in [0.1, 0.15) is 39.5 Å². The Morgan fingerprint density at radius 2 is 1.92 bits per heavy atom. The smallest absolute Gasteiger partial charge is 0.262 e. The molecule has 3 aromatic rings. The average Bonchev–Trinajstić information content (AvgIpc) is 2.85. The van der Waals surface area contributed by atoms with Gasteiger partial charge in [0.05, 0.1) is 22.5 Å². The van der Waals surface area contributed by atoms with E-state index in [0.29, 0.717) is 28.8 Å². The van der Waals surface area contributed by atoms with Crippen LogP contribution in [-0.4, -0.2) is 52.6 Å². The number of benzene rings is 2. The van der Waals surface area contributed by atoms with E-state index < -0.39 is 5.82 Å². The normalized spacial score (nSPS) is 14.0. The summed E-state index contributed by atoms with van der Waals surface area (Å²) in [7, 11) is 0. The van der Waals surface area contributed by atoms with Gasteiger partial charge < -0.3 is 15.0 Å². The Morgan fingerprint density at radius 1 is 1.16 bits per heavy atom. The number of carbonyl (C=O) groups is 1. The Hall–Kier alpha value is -2.68. The second-order valence-corrected chi connectivity index (χ2v) is 9.87. The molecule has 0 atom stereocenters. The quantitative estimate of drug-likeness (QED) is 0.377. The molecule has 7 nitrogen and oxygen atoms in total. The van der Waals surface area contributed by atoms with Gasteiger partial charge in [0.25, 0.3) is 5.56 Å². The highest BCUT2D eigenvalue weighted by Gasteiger charge is 2.18. The number of ether oxygens (including phenoxy) is 1. The zero-order valence-corrected chi connectivity index (χ0v) is 22.7. The van der Waals surface area contributed by atoms with E-state index in [-0.39, 0.29) is 47.3 Å². The maximum absolute atomic E-state index is 13.8. The molecular weight excluding hydrogens is 518 g/mol. The van der Waals surface area contributed by atoms with Crippen LogP contribution in [0.25, 0.3) is 22.3 Å². The van der Waals surface area contributed by atoms with Gasteiger partial charge in [-0.25, -0.2) is 9.37 Å². The maximum atomic E-state index is 13.8. The van der Waals surface area contributed by atoms with E-state index in [9.17, 15) is 14.0 Å². The molecule has 0 bridgehead atoms. The van der Waals surface area contributed by atoms with Gasteiger partial charge in [-0.2, -0.15) is 0 Å². The third-order valence-corrected chi connectivity index (χ3v) is 6.48. The van der Waals surface area contributed by atoms with Crippen LogP contribution in [0.5, 0.6) is 5.75 Å². The molecule has 0 aliphatic carbocycles. The SMILES string of the molecule is CC(C)NC(=O)Cn1c(-c2ccc(F)c(Cl)c2)nc2ccc(OCCCN3CCCCC3)cc2c1=O.Cl. The number of aromatic nitrogens is 2. The van der Waals surface area contributed by atoms with Crippen LogP contribution in [-0.2, 0) is 11.3 Å². The summed E-state index contributed by atoms with van der Waals surface area (Å²) in [4.78, 5) is 33.2. The second-order valence-electron chi connectivity index (χ2n) is 9.46. The third kappa shape index (κ3) is 7.43. The van der Waals surface area contributed by atoms with Gasteiger partial charge in [0.2, 0.25) is 5.91 Å². The van der Waals surface area contributed by atoms with Crippen molar-refractivity contribution in [1.82, 2.24) is 19.8 Å². The van der Waals surface area contributed by atoms with Crippen molar-refractivity contribution in [3.63, 3.8) is 0 Å². The maximum Gasteiger partial charge on any atom is 0.262 e. The van der Waals surface area contributed by atoms with Crippen molar-refractivity contribution in [3.05, 3.63) is 57.6 Å². The number of piperidine rings is 1. The molecular formula is C27H33Cl2FN4O3. The summed E-state index contributed by atoms with van der Waals surface area (Å²) in [6, 6.07) is 9.20. The van der Waals surface area contributed by atoms with Crippen LogP contribution in [0.4, 0.5) is 4.39 Å². The van der Waals surface area contributed by atoms with Gasteiger partial charge in [0.1, 0.15) is 23.9 Å². The van der Waals surface area contributed by atoms with Gasteiger partial charge in [0.15, 0.2) is 0 Å². The van der Waals surface area contributed by atoms with E-state index >= 15 is 0 Å². The first kappa shape index (κ1) is 28.9. The Bertz CT molecular complexity index is 1290. The molecule has 1 aliphatic heterocycles. The highest BCUT2D eigenvalue weighted by atomic mass is 35.5. The number of nitrogens with one attached hydrogen (secondary N) is 1. The summed E-state index contributed by atoms with van der Waals surface area (Å²) in [5.41, 5.74) is 0.514. The van der Waals surface area contributed by atoms with Gasteiger partial charge in [-0.1, -0.05) is 18.0 Å². The van der Waals surface area contributed by atoms with Crippen LogP contribution in [0.2, 0.25) is 5.02 Å². The molecule has 37 heavy (non-hydrogen) atoms. The van der Waals surface area contributed by atoms with E-state index in [1.54, 1.807) is 18.2 Å². The van der Waals surface area contributed by atoms with Crippen molar-refractivity contribution in [2.45, 2.75) is 52.1 Å². The van der Waals surface area contributed by atoms with E-state index in [4.69, 9.17) is 16.3 Å². The van der Waals surface area contributed by atoms with Crippen molar-refractivity contribution >= 4 is 40.8 Å². The minimum atomic E-state index is -0.574. The van der Waals surface area contributed by atoms with Crippen LogP contribution in [0.15, 0.2) is 41.2 Å². The highest BCUT2D eigenvalue weighted by Crippen LogP contribution is 2.26. The number of hydrogen-bond acceptors (Lipinski definition) is 5. The van der Waals surface area contributed by atoms with Crippen LogP contribution >= 0.6 is 24.0 Å². The van der Waals surface area contributed by atoms with E-state index in [1.807, 2.05) is 13.8 Å². The number of carbonyl (C=O) groups excluding carboxylic acids is 1. The molecule has 2 heterocycles. The molecule has 1 aliphatic rings. The molecule has 1 aromatic heterocycles. The fourth-order valence-electron chi connectivity index (χ4n) is 4.46. The highest BCUT2D eigenvalue weighted by molar-refractivity contribution is 6.31. The molecule has 0 radical (unpaired) electrons. The molecule has 0 unspecified atom stereocenters. The van der Waals surface area contributed by atoms with Gasteiger partial charge >= 0.3 is 0 Å². The number of hydrogen-bond donors (Lipinski definition) is 1. The van der Waals surface area contributed by atoms with Crippen molar-refractivity contribution in [2.24, 2.45) is 0 Å². The molecule has 1 N–H and O–H groups in total. The molecule has 1 fully saturated rings. The molecule has 200 valence electrons. The molecule has 2 aromatic carbocycles. The molecule has 10 heteroatoms. The zero-order chi connectivity index (χ0) is 25.7. The minimum Gasteiger partial charge on any atom is -0.494 e. The molecule has 4 rings (SSSR count). The van der Waals surface area contributed by atoms with Gasteiger partial charge in [-0.05, 0) is 82.6 Å². The monoisotopic (exact) mass is 550 g/mol. The summed E-state index contributed by atoms with van der Waals surface area (Å²) >= 11 is 5.99. The lowest BCUT2D eigenvalue weighted by Gasteiger charge is -2.26. The summed E-state index contributed by atoms with van der Waals surface area (Å²) in [5, 5.41) is 3.05. The number of amides is 1. The number of rotatable bonds is 9. The Labute approximate surface area is 227 Å². The second kappa shape index (κ2) is 13.2. The summed E-state index contributed by atoms with van der Waals surface area (Å²) in [5.74, 6) is -0.0816. The average molecular weight is 551 g/mol. The predicted octanol–water partition coefficient (Wildman–Crippen LogP) is 5.06. The lowest BCUT2D eigenvalue weighted by atomic mass is 10.1. The Kier molecular flexibility index (Phi) is 10.3. The Balaban J connectivity index is 0.00000380. The number of likely N-dealkylation sites (tertiary alicyclic amines) is 1. The number of fused-ring (bicyclic) bond motifs is 1. The van der Waals surface area contributed by atoms with E-state index in [2.05, 4.69) is 15.2 Å². The molecule has 0 spiro atoms. The number of halogens is 3. The first-order valence-electron chi connectivity index (χ1n) is 12.5. The minimum absolute atomic E-state index is 0. The van der Waals surface area contributed by atoms with E-state index in [0.717, 1.165) is 26.1 Å². The summed E-state index contributed by atoms with van der Waals surface area (Å²) < 4.78 is 21.0. The van der Waals surface area contributed by atoms with Gasteiger partial charge in [-0.15, -0.1) is 12.4 Å². The largest absolute Gasteiger partial charge is 0.494 e. The molecule has 1 saturated heterocycles. The third-order valence-electron chi connectivity index (χ3n) is 6.19. The fraction of sp³-hybridized carbons (Fsp3) is 0.444. The molecule has 0 saturated carbocycles. The first-order chi connectivity index (χ1) is 17.3. The predicted molar refractivity (Wildman–Crippen MR) is 147 cm³/mol. The van der Waals surface area contributed by atoms with Gasteiger partial charge in [-0.3, -0.25) is 14.2 Å². The number of nitrogens with zero attached hydrogens (tertiary/aromatic N) is 3. The standard InChI is InChI=1S/C27H32ClFN4O3.ClH/c1-18(2)30-25(34)17-33-26(19-7-9-23(29)22(28)15-19)31-24-10-8-20(16-21(24)27(33)35)36-14-6-13-32-11-4-3-5-12-32;/h7-10,15-16,18H,3-6,11-14,17H2,1-2H3,(H,30,34);1H. The van der Waals surface area contributed by atoms with Crippen LogP contribution < -0.4 is 15.6 Å². The van der Waals surface area contributed by atoms with Gasteiger partial charge in [0, 0.05) is 18.2 Å². The Morgan fingerprint density at radius 3 is 2.62 bits per heavy atom. The van der Waals surface area contributed by atoms with Crippen LogP contribution in [0, 0.1) is 5.82 Å².